The minimum Gasteiger partial charge on any atom is -0.497 e. The summed E-state index contributed by atoms with van der Waals surface area (Å²) in [5, 5.41) is 20.4. The van der Waals surface area contributed by atoms with Crippen LogP contribution in [0.25, 0.3) is 0 Å². The highest BCUT2D eigenvalue weighted by molar-refractivity contribution is 7.16. The number of aryl methyl sites for hydroxylation is 1. The van der Waals surface area contributed by atoms with Gasteiger partial charge < -0.3 is 20.1 Å². The van der Waals surface area contributed by atoms with Gasteiger partial charge in [0.25, 0.3) is 0 Å². The maximum absolute atomic E-state index is 12.9. The zero-order valence-electron chi connectivity index (χ0n) is 22.1. The predicted molar refractivity (Wildman–Crippen MR) is 145 cm³/mol. The van der Waals surface area contributed by atoms with Crippen LogP contribution in [-0.4, -0.2) is 35.5 Å². The number of hydrogen-bond acceptors (Lipinski definition) is 7. The quantitative estimate of drug-likeness (QED) is 0.394. The Kier molecular flexibility index (Phi) is 8.69. The van der Waals surface area contributed by atoms with Crippen LogP contribution < -0.4 is 15.4 Å². The number of aromatic nitrogens is 2. The minimum atomic E-state index is -0.466. The van der Waals surface area contributed by atoms with Crippen molar-refractivity contribution in [3.63, 3.8) is 0 Å². The van der Waals surface area contributed by atoms with Crippen LogP contribution in [0, 0.1) is 17.2 Å². The van der Waals surface area contributed by atoms with Crippen molar-refractivity contribution in [2.24, 2.45) is 13.0 Å². The summed E-state index contributed by atoms with van der Waals surface area (Å²) in [6.07, 6.45) is 3.74. The van der Waals surface area contributed by atoms with E-state index >= 15 is 0 Å². The van der Waals surface area contributed by atoms with Crippen molar-refractivity contribution < 1.29 is 19.1 Å². The molecule has 0 saturated carbocycles. The maximum atomic E-state index is 12.9. The lowest BCUT2D eigenvalue weighted by Gasteiger charge is -2.22. The molecule has 0 spiro atoms. The Hall–Kier alpha value is -3.84. The van der Waals surface area contributed by atoms with Gasteiger partial charge in [-0.1, -0.05) is 19.1 Å². The predicted octanol–water partition coefficient (Wildman–Crippen LogP) is 5.09. The highest BCUT2D eigenvalue weighted by Crippen LogP contribution is 2.39. The van der Waals surface area contributed by atoms with Crippen molar-refractivity contribution in [2.45, 2.75) is 51.5 Å². The van der Waals surface area contributed by atoms with Crippen molar-refractivity contribution in [3.05, 3.63) is 63.8 Å². The van der Waals surface area contributed by atoms with Crippen LogP contribution in [0.15, 0.2) is 36.5 Å². The Balaban J connectivity index is 1.32. The summed E-state index contributed by atoms with van der Waals surface area (Å²) in [7, 11) is 3.45. The van der Waals surface area contributed by atoms with E-state index in [1.165, 1.54) is 11.3 Å². The number of nitrogens with zero attached hydrogens (tertiary/aromatic N) is 3. The molecule has 1 aliphatic rings. The van der Waals surface area contributed by atoms with Crippen molar-refractivity contribution in [1.82, 2.24) is 15.1 Å². The molecule has 1 aromatic carbocycles. The fourth-order valence-corrected chi connectivity index (χ4v) is 6.15. The third-order valence-electron chi connectivity index (χ3n) is 6.97. The first-order valence-corrected chi connectivity index (χ1v) is 13.5. The summed E-state index contributed by atoms with van der Waals surface area (Å²) >= 11 is 1.45. The molecule has 2 aromatic heterocycles. The number of carbonyl (C=O) groups is 2. The number of ether oxygens (including phenoxy) is 2. The monoisotopic (exact) mass is 535 g/mol. The van der Waals surface area contributed by atoms with Gasteiger partial charge in [0.2, 0.25) is 5.91 Å². The van der Waals surface area contributed by atoms with E-state index in [0.717, 1.165) is 33.9 Å². The van der Waals surface area contributed by atoms with Gasteiger partial charge in [0, 0.05) is 24.5 Å². The number of nitrogens with one attached hydrogen (secondary N) is 2. The maximum Gasteiger partial charge on any atom is 0.407 e. The fraction of sp³-hybridized carbons (Fsp3) is 0.429. The van der Waals surface area contributed by atoms with Crippen LogP contribution in [0.1, 0.15) is 65.9 Å². The second kappa shape index (κ2) is 12.1. The van der Waals surface area contributed by atoms with E-state index in [0.29, 0.717) is 36.4 Å². The highest BCUT2D eigenvalue weighted by atomic mass is 32.1. The van der Waals surface area contributed by atoms with Gasteiger partial charge in [-0.05, 0) is 67.3 Å². The summed E-state index contributed by atoms with van der Waals surface area (Å²) in [5.74, 6) is 0.779. The van der Waals surface area contributed by atoms with Gasteiger partial charge in [0.1, 0.15) is 16.8 Å². The molecule has 0 aliphatic heterocycles. The Labute approximate surface area is 226 Å². The molecule has 9 nitrogen and oxygen atoms in total. The van der Waals surface area contributed by atoms with Gasteiger partial charge in [-0.3, -0.25) is 9.48 Å². The normalized spacial score (nSPS) is 16.0. The van der Waals surface area contributed by atoms with Crippen LogP contribution in [0.2, 0.25) is 0 Å². The van der Waals surface area contributed by atoms with Crippen molar-refractivity contribution >= 4 is 28.3 Å². The van der Waals surface area contributed by atoms with E-state index in [2.05, 4.69) is 21.8 Å². The number of anilines is 1. The van der Waals surface area contributed by atoms with Crippen molar-refractivity contribution in [2.75, 3.05) is 19.0 Å². The van der Waals surface area contributed by atoms with Gasteiger partial charge in [0.15, 0.2) is 0 Å². The number of amides is 2. The molecule has 2 heterocycles. The number of methoxy groups -OCH3 is 1. The molecule has 4 rings (SSSR count). The van der Waals surface area contributed by atoms with Crippen LogP contribution in [0.4, 0.5) is 9.80 Å². The molecule has 2 amide bonds. The van der Waals surface area contributed by atoms with Crippen molar-refractivity contribution in [1.29, 1.82) is 5.26 Å². The average molecular weight is 536 g/mol. The fourth-order valence-electron chi connectivity index (χ4n) is 4.82. The first kappa shape index (κ1) is 27.2. The van der Waals surface area contributed by atoms with Crippen molar-refractivity contribution in [3.8, 4) is 11.8 Å². The summed E-state index contributed by atoms with van der Waals surface area (Å²) in [4.78, 5) is 26.3. The number of benzene rings is 1. The van der Waals surface area contributed by atoms with Crippen LogP contribution in [0.3, 0.4) is 0 Å². The number of rotatable bonds is 9. The van der Waals surface area contributed by atoms with Gasteiger partial charge >= 0.3 is 6.09 Å². The smallest absolute Gasteiger partial charge is 0.407 e. The minimum absolute atomic E-state index is 0.00139. The molecular weight excluding hydrogens is 502 g/mol. The van der Waals surface area contributed by atoms with Crippen LogP contribution >= 0.6 is 11.3 Å². The molecule has 3 atom stereocenters. The average Bonchev–Trinajstić information content (AvgIpc) is 3.49. The molecule has 0 saturated heterocycles. The molecule has 38 heavy (non-hydrogen) atoms. The van der Waals surface area contributed by atoms with Crippen LogP contribution in [0.5, 0.6) is 5.75 Å². The Morgan fingerprint density at radius 3 is 2.84 bits per heavy atom. The van der Waals surface area contributed by atoms with Gasteiger partial charge in [-0.2, -0.15) is 10.4 Å². The second-order valence-corrected chi connectivity index (χ2v) is 10.8. The molecule has 0 fully saturated rings. The lowest BCUT2D eigenvalue weighted by molar-refractivity contribution is -0.116. The standard InChI is InChI=1S/C28H33N5O4S/c1-17(20-6-5-7-21(14-20)36-4)12-26(34)32-27-23(15-29)22-9-8-19(13-25(22)38-27)16-37-28(35)31-18(2)24-10-11-30-33(24)3/h5-7,10-11,14,17-19H,8-9,12-13,16H2,1-4H3,(H,31,35)(H,32,34). The number of thiophene rings is 1. The molecule has 0 bridgehead atoms. The highest BCUT2D eigenvalue weighted by Gasteiger charge is 2.28. The van der Waals surface area contributed by atoms with E-state index in [9.17, 15) is 14.9 Å². The molecular formula is C28H33N5O4S. The molecule has 2 N–H and O–H groups in total. The number of alkyl carbamates (subject to hydrolysis) is 1. The topological polar surface area (TPSA) is 118 Å². The molecule has 1 aliphatic carbocycles. The van der Waals surface area contributed by atoms with E-state index in [-0.39, 0.29) is 23.8 Å². The Morgan fingerprint density at radius 2 is 2.13 bits per heavy atom. The molecule has 3 aromatic rings. The first-order chi connectivity index (χ1) is 18.3. The third kappa shape index (κ3) is 6.34. The number of nitriles is 1. The Bertz CT molecular complexity index is 1340. The largest absolute Gasteiger partial charge is 0.497 e. The van der Waals surface area contributed by atoms with E-state index < -0.39 is 6.09 Å². The summed E-state index contributed by atoms with van der Waals surface area (Å²) in [5.41, 5.74) is 3.46. The summed E-state index contributed by atoms with van der Waals surface area (Å²) in [6.45, 7) is 4.17. The van der Waals surface area contributed by atoms with E-state index in [1.807, 2.05) is 51.2 Å². The second-order valence-electron chi connectivity index (χ2n) is 9.70. The number of fused-ring (bicyclic) bond motifs is 1. The lowest BCUT2D eigenvalue weighted by Crippen LogP contribution is -2.31. The Morgan fingerprint density at radius 1 is 1.32 bits per heavy atom. The van der Waals surface area contributed by atoms with Gasteiger partial charge in [0.05, 0.1) is 31.0 Å². The third-order valence-corrected chi connectivity index (χ3v) is 8.14. The van der Waals surface area contributed by atoms with E-state index in [4.69, 9.17) is 9.47 Å². The number of carbonyl (C=O) groups excluding carboxylic acids is 2. The van der Waals surface area contributed by atoms with Crippen LogP contribution in [-0.2, 0) is 29.4 Å². The summed E-state index contributed by atoms with van der Waals surface area (Å²) in [6, 6.07) is 11.6. The molecule has 0 radical (unpaired) electrons. The van der Waals surface area contributed by atoms with E-state index in [1.54, 1.807) is 18.0 Å². The molecule has 3 unspecified atom stereocenters. The van der Waals surface area contributed by atoms with Gasteiger partial charge in [-0.15, -0.1) is 11.3 Å². The molecule has 200 valence electrons. The van der Waals surface area contributed by atoms with Gasteiger partial charge in [-0.25, -0.2) is 4.79 Å². The lowest BCUT2D eigenvalue weighted by atomic mass is 9.88. The first-order valence-electron chi connectivity index (χ1n) is 12.7. The zero-order valence-corrected chi connectivity index (χ0v) is 22.9. The number of hydrogen-bond donors (Lipinski definition) is 2. The zero-order chi connectivity index (χ0) is 27.2. The summed E-state index contributed by atoms with van der Waals surface area (Å²) < 4.78 is 12.5. The molecule has 10 heteroatoms. The SMILES string of the molecule is COc1cccc(C(C)CC(=O)Nc2sc3c(c2C#N)CCC(COC(=O)NC(C)c2ccnn2C)C3)c1.